The highest BCUT2D eigenvalue weighted by molar-refractivity contribution is 9.10. The van der Waals surface area contributed by atoms with Gasteiger partial charge in [0.15, 0.2) is 0 Å². The standard InChI is InChI=1S/C14H21BrN2O2S/c1-10-3-2-4-11(7-10)9-17-20(18,19)14-8-12(16)5-6-13(14)15/h5-6,8,10-11,17H,2-4,7,9,16H2,1H3. The Labute approximate surface area is 129 Å². The largest absolute Gasteiger partial charge is 0.399 e. The first kappa shape index (κ1) is 15.8. The van der Waals surface area contributed by atoms with Gasteiger partial charge in [0.2, 0.25) is 10.0 Å². The summed E-state index contributed by atoms with van der Waals surface area (Å²) in [6.45, 7) is 2.74. The van der Waals surface area contributed by atoms with Gasteiger partial charge in [-0.15, -0.1) is 0 Å². The van der Waals surface area contributed by atoms with Crippen LogP contribution < -0.4 is 10.5 Å². The number of nitrogens with one attached hydrogen (secondary N) is 1. The first-order chi connectivity index (χ1) is 9.38. The molecule has 2 rings (SSSR count). The van der Waals surface area contributed by atoms with Crippen LogP contribution in [0.1, 0.15) is 32.6 Å². The highest BCUT2D eigenvalue weighted by Gasteiger charge is 2.23. The summed E-state index contributed by atoms with van der Waals surface area (Å²) in [6.07, 6.45) is 4.64. The normalized spacial score (nSPS) is 23.7. The van der Waals surface area contributed by atoms with Crippen LogP contribution in [0.3, 0.4) is 0 Å². The number of nitrogens with two attached hydrogens (primary N) is 1. The maximum atomic E-state index is 12.3. The minimum absolute atomic E-state index is 0.210. The molecule has 0 aromatic heterocycles. The molecule has 0 heterocycles. The molecule has 1 saturated carbocycles. The van der Waals surface area contributed by atoms with Crippen LogP contribution in [0, 0.1) is 11.8 Å². The average Bonchev–Trinajstić information content (AvgIpc) is 2.39. The highest BCUT2D eigenvalue weighted by atomic mass is 79.9. The van der Waals surface area contributed by atoms with Gasteiger partial charge >= 0.3 is 0 Å². The van der Waals surface area contributed by atoms with Crippen molar-refractivity contribution < 1.29 is 8.42 Å². The summed E-state index contributed by atoms with van der Waals surface area (Å²) in [5, 5.41) is 0. The van der Waals surface area contributed by atoms with Crippen molar-refractivity contribution in [3.05, 3.63) is 22.7 Å². The molecular weight excluding hydrogens is 340 g/mol. The van der Waals surface area contributed by atoms with Crippen molar-refractivity contribution in [2.24, 2.45) is 11.8 Å². The van der Waals surface area contributed by atoms with Crippen molar-refractivity contribution in [1.82, 2.24) is 4.72 Å². The Morgan fingerprint density at radius 2 is 2.15 bits per heavy atom. The lowest BCUT2D eigenvalue weighted by Gasteiger charge is -2.26. The molecule has 1 fully saturated rings. The summed E-state index contributed by atoms with van der Waals surface area (Å²) >= 11 is 3.27. The summed E-state index contributed by atoms with van der Waals surface area (Å²) in [5.41, 5.74) is 6.11. The molecule has 1 aromatic carbocycles. The molecule has 6 heteroatoms. The van der Waals surface area contributed by atoms with E-state index in [1.165, 1.54) is 18.9 Å². The number of anilines is 1. The Hall–Kier alpha value is -0.590. The zero-order valence-corrected chi connectivity index (χ0v) is 14.0. The predicted molar refractivity (Wildman–Crippen MR) is 84.9 cm³/mol. The van der Waals surface area contributed by atoms with Gasteiger partial charge in [-0.2, -0.15) is 0 Å². The molecule has 112 valence electrons. The smallest absolute Gasteiger partial charge is 0.241 e. The van der Waals surface area contributed by atoms with Gasteiger partial charge in [0, 0.05) is 16.7 Å². The quantitative estimate of drug-likeness (QED) is 0.810. The zero-order chi connectivity index (χ0) is 14.8. The number of sulfonamides is 1. The molecule has 0 spiro atoms. The summed E-state index contributed by atoms with van der Waals surface area (Å²) in [6, 6.07) is 4.81. The number of rotatable bonds is 4. The van der Waals surface area contributed by atoms with E-state index >= 15 is 0 Å². The lowest BCUT2D eigenvalue weighted by atomic mass is 9.83. The van der Waals surface area contributed by atoms with Crippen LogP contribution in [-0.2, 0) is 10.0 Å². The van der Waals surface area contributed by atoms with Crippen molar-refractivity contribution in [3.63, 3.8) is 0 Å². The third kappa shape index (κ3) is 3.96. The van der Waals surface area contributed by atoms with E-state index < -0.39 is 10.0 Å². The first-order valence-corrected chi connectivity index (χ1v) is 9.21. The number of nitrogen functional groups attached to an aromatic ring is 1. The van der Waals surface area contributed by atoms with E-state index in [0.717, 1.165) is 12.8 Å². The third-order valence-corrected chi connectivity index (χ3v) is 6.27. The molecule has 1 aromatic rings. The molecule has 0 radical (unpaired) electrons. The second kappa shape index (κ2) is 6.45. The van der Waals surface area contributed by atoms with E-state index in [-0.39, 0.29) is 4.90 Å². The third-order valence-electron chi connectivity index (χ3n) is 3.85. The highest BCUT2D eigenvalue weighted by Crippen LogP contribution is 2.29. The number of halogens is 1. The summed E-state index contributed by atoms with van der Waals surface area (Å²) in [7, 11) is -3.51. The van der Waals surface area contributed by atoms with Crippen LogP contribution in [-0.4, -0.2) is 15.0 Å². The number of benzene rings is 1. The monoisotopic (exact) mass is 360 g/mol. The Bertz CT molecular complexity index is 575. The van der Waals surface area contributed by atoms with E-state index in [9.17, 15) is 8.42 Å². The van der Waals surface area contributed by atoms with Gasteiger partial charge in [0.1, 0.15) is 0 Å². The van der Waals surface area contributed by atoms with E-state index in [4.69, 9.17) is 5.73 Å². The molecular formula is C14H21BrN2O2S. The van der Waals surface area contributed by atoms with Gasteiger partial charge in [0.25, 0.3) is 0 Å². The minimum atomic E-state index is -3.51. The molecule has 0 amide bonds. The minimum Gasteiger partial charge on any atom is -0.399 e. The van der Waals surface area contributed by atoms with Gasteiger partial charge in [0.05, 0.1) is 4.90 Å². The van der Waals surface area contributed by atoms with E-state index in [1.807, 2.05) is 0 Å². The predicted octanol–water partition coefficient (Wildman–Crippen LogP) is 3.14. The molecule has 4 nitrogen and oxygen atoms in total. The molecule has 0 saturated heterocycles. The number of hydrogen-bond acceptors (Lipinski definition) is 3. The Kier molecular flexibility index (Phi) is 5.09. The van der Waals surface area contributed by atoms with Crippen molar-refractivity contribution in [2.45, 2.75) is 37.5 Å². The van der Waals surface area contributed by atoms with Gasteiger partial charge < -0.3 is 5.73 Å². The zero-order valence-electron chi connectivity index (χ0n) is 11.6. The van der Waals surface area contributed by atoms with Crippen molar-refractivity contribution in [2.75, 3.05) is 12.3 Å². The van der Waals surface area contributed by atoms with Crippen molar-refractivity contribution in [1.29, 1.82) is 0 Å². The molecule has 0 bridgehead atoms. The molecule has 20 heavy (non-hydrogen) atoms. The fraction of sp³-hybridized carbons (Fsp3) is 0.571. The molecule has 2 unspecified atom stereocenters. The first-order valence-electron chi connectivity index (χ1n) is 6.93. The summed E-state index contributed by atoms with van der Waals surface area (Å²) in [5.74, 6) is 1.13. The van der Waals surface area contributed by atoms with Gasteiger partial charge in [-0.3, -0.25) is 0 Å². The molecule has 2 atom stereocenters. The summed E-state index contributed by atoms with van der Waals surface area (Å²) < 4.78 is 27.9. The van der Waals surface area contributed by atoms with Crippen LogP contribution in [0.2, 0.25) is 0 Å². The topological polar surface area (TPSA) is 72.2 Å². The van der Waals surface area contributed by atoms with Crippen LogP contribution in [0.15, 0.2) is 27.6 Å². The lowest BCUT2D eigenvalue weighted by molar-refractivity contribution is 0.283. The van der Waals surface area contributed by atoms with E-state index in [1.54, 1.807) is 12.1 Å². The van der Waals surface area contributed by atoms with Crippen molar-refractivity contribution >= 4 is 31.6 Å². The summed E-state index contributed by atoms with van der Waals surface area (Å²) in [4.78, 5) is 0.210. The Morgan fingerprint density at radius 3 is 2.85 bits per heavy atom. The Balaban J connectivity index is 2.05. The van der Waals surface area contributed by atoms with Crippen molar-refractivity contribution in [3.8, 4) is 0 Å². The average molecular weight is 361 g/mol. The van der Waals surface area contributed by atoms with Crippen LogP contribution in [0.5, 0.6) is 0 Å². The fourth-order valence-corrected chi connectivity index (χ4v) is 4.89. The lowest BCUT2D eigenvalue weighted by Crippen LogP contribution is -2.31. The number of hydrogen-bond donors (Lipinski definition) is 2. The SMILES string of the molecule is CC1CCCC(CNS(=O)(=O)c2cc(N)ccc2Br)C1. The second-order valence-corrected chi connectivity index (χ2v) is 8.27. The molecule has 0 aliphatic heterocycles. The van der Waals surface area contributed by atoms with Gasteiger partial charge in [-0.1, -0.05) is 19.8 Å². The van der Waals surface area contributed by atoms with Gasteiger partial charge in [-0.05, 0) is 58.8 Å². The van der Waals surface area contributed by atoms with E-state index in [0.29, 0.717) is 28.5 Å². The Morgan fingerprint density at radius 1 is 1.40 bits per heavy atom. The molecule has 1 aliphatic rings. The maximum Gasteiger partial charge on any atom is 0.241 e. The van der Waals surface area contributed by atoms with Gasteiger partial charge in [-0.25, -0.2) is 13.1 Å². The van der Waals surface area contributed by atoms with Crippen LogP contribution in [0.25, 0.3) is 0 Å². The maximum absolute atomic E-state index is 12.3. The fourth-order valence-electron chi connectivity index (χ4n) is 2.78. The molecule has 3 N–H and O–H groups in total. The van der Waals surface area contributed by atoms with Crippen LogP contribution in [0.4, 0.5) is 5.69 Å². The molecule has 1 aliphatic carbocycles. The second-order valence-electron chi connectivity index (χ2n) is 5.68. The van der Waals surface area contributed by atoms with Crippen LogP contribution >= 0.6 is 15.9 Å². The van der Waals surface area contributed by atoms with E-state index in [2.05, 4.69) is 27.6 Å².